The molecular weight excluding hydrogens is 390 g/mol. The second-order valence-corrected chi connectivity index (χ2v) is 7.50. The lowest BCUT2D eigenvalue weighted by Crippen LogP contribution is -2.15. The smallest absolute Gasteiger partial charge is 0.271 e. The van der Waals surface area contributed by atoms with E-state index in [0.29, 0.717) is 23.5 Å². The highest BCUT2D eigenvalue weighted by molar-refractivity contribution is 6.03. The zero-order valence-electron chi connectivity index (χ0n) is 17.4. The van der Waals surface area contributed by atoms with E-state index in [9.17, 15) is 9.59 Å². The Labute approximate surface area is 180 Å². The molecule has 0 aliphatic rings. The van der Waals surface area contributed by atoms with Gasteiger partial charge in [-0.3, -0.25) is 19.8 Å². The lowest BCUT2D eigenvalue weighted by molar-refractivity contribution is 0.102. The lowest BCUT2D eigenvalue weighted by Gasteiger charge is -2.05. The molecule has 4 aromatic rings. The molecule has 2 aromatic heterocycles. The van der Waals surface area contributed by atoms with Gasteiger partial charge in [0.15, 0.2) is 5.82 Å². The van der Waals surface area contributed by atoms with Crippen LogP contribution in [0.25, 0.3) is 5.69 Å². The molecule has 0 spiro atoms. The van der Waals surface area contributed by atoms with E-state index in [2.05, 4.69) is 27.5 Å². The Balaban J connectivity index is 1.44. The topological polar surface area (TPSA) is 95.6 Å². The molecule has 2 aromatic carbocycles. The van der Waals surface area contributed by atoms with E-state index in [1.807, 2.05) is 36.4 Å². The number of benzene rings is 2. The highest BCUT2D eigenvalue weighted by atomic mass is 16.2. The van der Waals surface area contributed by atoms with Crippen molar-refractivity contribution in [3.05, 3.63) is 99.6 Å². The number of rotatable bonds is 8. The molecule has 0 atom stereocenters. The summed E-state index contributed by atoms with van der Waals surface area (Å²) in [5.41, 5.74) is 3.98. The number of nitrogens with zero attached hydrogens (tertiary/aromatic N) is 2. The highest BCUT2D eigenvalue weighted by Crippen LogP contribution is 2.13. The summed E-state index contributed by atoms with van der Waals surface area (Å²) in [5, 5.41) is 13.0. The number of carbonyl (C=O) groups excluding carboxylic acids is 1. The molecule has 158 valence electrons. The van der Waals surface area contributed by atoms with E-state index >= 15 is 0 Å². The van der Waals surface area contributed by atoms with Crippen molar-refractivity contribution < 1.29 is 4.79 Å². The van der Waals surface area contributed by atoms with Crippen LogP contribution in [0, 0.1) is 0 Å². The number of anilines is 1. The van der Waals surface area contributed by atoms with Crippen LogP contribution in [0.2, 0.25) is 0 Å². The van der Waals surface area contributed by atoms with Crippen LogP contribution in [0.5, 0.6) is 0 Å². The second kappa shape index (κ2) is 9.30. The van der Waals surface area contributed by atoms with Crippen LogP contribution in [0.4, 0.5) is 5.82 Å². The van der Waals surface area contributed by atoms with E-state index in [4.69, 9.17) is 0 Å². The van der Waals surface area contributed by atoms with E-state index in [1.54, 1.807) is 30.3 Å². The fourth-order valence-corrected chi connectivity index (χ4v) is 3.41. The number of hydrogen-bond acceptors (Lipinski definition) is 3. The summed E-state index contributed by atoms with van der Waals surface area (Å²) in [7, 11) is 0. The maximum Gasteiger partial charge on any atom is 0.271 e. The molecule has 7 nitrogen and oxygen atoms in total. The standard InChI is InChI=1S/C24H25N5O2/c1-2-3-9-19-15-22(27-26-19)25-24(31)18-10-12-21(13-11-18)29-23(30)16-20(28-29)14-17-7-5-4-6-8-17/h4-8,10-13,15-16,28H,2-3,9,14H2,1H3,(H2,25,26,27,31). The van der Waals surface area contributed by atoms with Gasteiger partial charge < -0.3 is 5.32 Å². The van der Waals surface area contributed by atoms with Crippen LogP contribution < -0.4 is 10.9 Å². The first-order chi connectivity index (χ1) is 15.1. The van der Waals surface area contributed by atoms with Crippen molar-refractivity contribution in [3.8, 4) is 5.69 Å². The molecule has 0 bridgehead atoms. The molecule has 0 aliphatic heterocycles. The minimum atomic E-state index is -0.247. The van der Waals surface area contributed by atoms with Gasteiger partial charge in [0.2, 0.25) is 0 Å². The molecule has 0 radical (unpaired) electrons. The Hall–Kier alpha value is -3.87. The number of aromatic nitrogens is 4. The van der Waals surface area contributed by atoms with Gasteiger partial charge in [0.05, 0.1) is 5.69 Å². The number of aromatic amines is 2. The van der Waals surface area contributed by atoms with Gasteiger partial charge in [-0.1, -0.05) is 43.7 Å². The predicted molar refractivity (Wildman–Crippen MR) is 121 cm³/mol. The maximum atomic E-state index is 12.5. The minimum absolute atomic E-state index is 0.140. The van der Waals surface area contributed by atoms with Crippen LogP contribution in [0.3, 0.4) is 0 Å². The Kier molecular flexibility index (Phi) is 6.12. The lowest BCUT2D eigenvalue weighted by atomic mass is 10.1. The second-order valence-electron chi connectivity index (χ2n) is 7.50. The van der Waals surface area contributed by atoms with Crippen LogP contribution in [-0.4, -0.2) is 25.9 Å². The van der Waals surface area contributed by atoms with Crippen molar-refractivity contribution in [2.45, 2.75) is 32.6 Å². The van der Waals surface area contributed by atoms with Gasteiger partial charge in [0, 0.05) is 35.5 Å². The van der Waals surface area contributed by atoms with E-state index in [-0.39, 0.29) is 11.5 Å². The number of aryl methyl sites for hydroxylation is 1. The minimum Gasteiger partial charge on any atom is -0.305 e. The molecular formula is C24H25N5O2. The Bertz CT molecular complexity index is 1200. The Morgan fingerprint density at radius 2 is 1.81 bits per heavy atom. The fraction of sp³-hybridized carbons (Fsp3) is 0.208. The van der Waals surface area contributed by atoms with Gasteiger partial charge in [-0.15, -0.1) is 0 Å². The predicted octanol–water partition coefficient (Wildman–Crippen LogP) is 4.07. The molecule has 7 heteroatoms. The van der Waals surface area contributed by atoms with E-state index in [1.165, 1.54) is 4.68 Å². The zero-order valence-corrected chi connectivity index (χ0v) is 17.4. The van der Waals surface area contributed by atoms with Gasteiger partial charge >= 0.3 is 0 Å². The molecule has 4 rings (SSSR count). The molecule has 1 amide bonds. The molecule has 0 saturated carbocycles. The third-order valence-corrected chi connectivity index (χ3v) is 5.07. The zero-order chi connectivity index (χ0) is 21.6. The van der Waals surface area contributed by atoms with Gasteiger partial charge in [-0.05, 0) is 42.7 Å². The first-order valence-corrected chi connectivity index (χ1v) is 10.4. The van der Waals surface area contributed by atoms with E-state index in [0.717, 1.165) is 36.2 Å². The number of amides is 1. The molecule has 0 saturated heterocycles. The fourth-order valence-electron chi connectivity index (χ4n) is 3.41. The third-order valence-electron chi connectivity index (χ3n) is 5.07. The summed E-state index contributed by atoms with van der Waals surface area (Å²) in [6, 6.07) is 20.3. The molecule has 0 fully saturated rings. The first-order valence-electron chi connectivity index (χ1n) is 10.4. The van der Waals surface area contributed by atoms with Crippen molar-refractivity contribution in [1.29, 1.82) is 0 Å². The normalized spacial score (nSPS) is 10.9. The summed E-state index contributed by atoms with van der Waals surface area (Å²) in [4.78, 5) is 24.9. The average molecular weight is 415 g/mol. The maximum absolute atomic E-state index is 12.5. The first kappa shape index (κ1) is 20.4. The summed E-state index contributed by atoms with van der Waals surface area (Å²) in [5.74, 6) is 0.259. The monoisotopic (exact) mass is 415 g/mol. The van der Waals surface area contributed by atoms with Crippen molar-refractivity contribution >= 4 is 11.7 Å². The number of H-pyrrole nitrogens is 2. The van der Waals surface area contributed by atoms with Crippen molar-refractivity contribution in [2.75, 3.05) is 5.32 Å². The average Bonchev–Trinajstić information content (AvgIpc) is 3.39. The molecule has 0 unspecified atom stereocenters. The quantitative estimate of drug-likeness (QED) is 0.405. The van der Waals surface area contributed by atoms with Crippen molar-refractivity contribution in [1.82, 2.24) is 20.0 Å². The summed E-state index contributed by atoms with van der Waals surface area (Å²) >= 11 is 0. The Morgan fingerprint density at radius 3 is 2.55 bits per heavy atom. The van der Waals surface area contributed by atoms with Crippen LogP contribution in [0.1, 0.15) is 47.1 Å². The number of nitrogens with one attached hydrogen (secondary N) is 3. The van der Waals surface area contributed by atoms with Crippen LogP contribution in [0.15, 0.2) is 71.5 Å². The van der Waals surface area contributed by atoms with Gasteiger partial charge in [-0.25, -0.2) is 4.68 Å². The van der Waals surface area contributed by atoms with Crippen LogP contribution in [-0.2, 0) is 12.8 Å². The summed E-state index contributed by atoms with van der Waals surface area (Å²) in [6.45, 7) is 2.13. The molecule has 0 aliphatic carbocycles. The van der Waals surface area contributed by atoms with E-state index < -0.39 is 0 Å². The Morgan fingerprint density at radius 1 is 1.03 bits per heavy atom. The largest absolute Gasteiger partial charge is 0.305 e. The molecule has 3 N–H and O–H groups in total. The number of hydrogen-bond donors (Lipinski definition) is 3. The molecule has 31 heavy (non-hydrogen) atoms. The van der Waals surface area contributed by atoms with Crippen LogP contribution >= 0.6 is 0 Å². The van der Waals surface area contributed by atoms with Crippen molar-refractivity contribution in [2.24, 2.45) is 0 Å². The number of carbonyl (C=O) groups is 1. The van der Waals surface area contributed by atoms with Gasteiger partial charge in [0.25, 0.3) is 11.5 Å². The molecule has 2 heterocycles. The SMILES string of the molecule is CCCCc1cc(NC(=O)c2ccc(-n3[nH]c(Cc4ccccc4)cc3=O)cc2)n[nH]1. The van der Waals surface area contributed by atoms with Gasteiger partial charge in [-0.2, -0.15) is 5.10 Å². The third kappa shape index (κ3) is 5.01. The highest BCUT2D eigenvalue weighted by Gasteiger charge is 2.11. The summed E-state index contributed by atoms with van der Waals surface area (Å²) in [6.07, 6.45) is 3.73. The van der Waals surface area contributed by atoms with Crippen molar-refractivity contribution in [3.63, 3.8) is 0 Å². The van der Waals surface area contributed by atoms with Gasteiger partial charge in [0.1, 0.15) is 0 Å². The summed E-state index contributed by atoms with van der Waals surface area (Å²) < 4.78 is 1.48. The number of unbranched alkanes of at least 4 members (excludes halogenated alkanes) is 1.